The Hall–Kier alpha value is -3.25. The summed E-state index contributed by atoms with van der Waals surface area (Å²) in [4.78, 5) is 38.3. The molecular weight excluding hydrogens is 436 g/mol. The number of likely N-dealkylation sites (tertiary alicyclic amines) is 1. The molecule has 5 rings (SSSR count). The van der Waals surface area contributed by atoms with Gasteiger partial charge in [0, 0.05) is 42.3 Å². The van der Waals surface area contributed by atoms with Gasteiger partial charge in [-0.25, -0.2) is 0 Å². The fourth-order valence-electron chi connectivity index (χ4n) is 4.93. The average Bonchev–Trinajstić information content (AvgIpc) is 3.08. The van der Waals surface area contributed by atoms with Crippen LogP contribution < -0.4 is 4.90 Å². The lowest BCUT2D eigenvalue weighted by atomic mass is 9.90. The van der Waals surface area contributed by atoms with Crippen LogP contribution in [0.25, 0.3) is 0 Å². The summed E-state index contributed by atoms with van der Waals surface area (Å²) in [5, 5.41) is 0.630. The largest absolute Gasteiger partial charge is 0.339 e. The number of aromatic nitrogens is 2. The Balaban J connectivity index is 1.31. The molecule has 7 heteroatoms. The molecule has 1 fully saturated rings. The normalized spacial score (nSPS) is 18.5. The van der Waals surface area contributed by atoms with Gasteiger partial charge in [-0.3, -0.25) is 24.5 Å². The van der Waals surface area contributed by atoms with Gasteiger partial charge in [0.2, 0.25) is 0 Å². The molecule has 1 unspecified atom stereocenters. The fourth-order valence-corrected chi connectivity index (χ4v) is 5.11. The Kier molecular flexibility index (Phi) is 5.62. The molecule has 0 aliphatic carbocycles. The number of aryl methyl sites for hydroxylation is 1. The predicted octanol–water partition coefficient (Wildman–Crippen LogP) is 5.18. The summed E-state index contributed by atoms with van der Waals surface area (Å²) in [6.45, 7) is 5.32. The van der Waals surface area contributed by atoms with Gasteiger partial charge in [-0.15, -0.1) is 0 Å². The van der Waals surface area contributed by atoms with Gasteiger partial charge < -0.3 is 4.90 Å². The summed E-state index contributed by atoms with van der Waals surface area (Å²) in [6, 6.07) is 9.25. The molecular formula is C26H25ClN4O2. The number of hydrogen-bond donors (Lipinski definition) is 0. The summed E-state index contributed by atoms with van der Waals surface area (Å²) < 4.78 is 0. The maximum absolute atomic E-state index is 13.1. The SMILES string of the molecule is Cc1ccncc1C(=O)N1CCC(c2cncc(N3C(=O)c4ccc(Cl)cc4C3C)c2)CC1. The van der Waals surface area contributed by atoms with Crippen molar-refractivity contribution in [1.82, 2.24) is 14.9 Å². The van der Waals surface area contributed by atoms with Crippen LogP contribution in [0, 0.1) is 6.92 Å². The molecule has 2 aromatic heterocycles. The number of anilines is 1. The molecule has 4 heterocycles. The first-order valence-electron chi connectivity index (χ1n) is 11.2. The first-order valence-corrected chi connectivity index (χ1v) is 11.6. The van der Waals surface area contributed by atoms with E-state index >= 15 is 0 Å². The second kappa shape index (κ2) is 8.60. The fraction of sp³-hybridized carbons (Fsp3) is 0.308. The van der Waals surface area contributed by atoms with Crippen molar-refractivity contribution < 1.29 is 9.59 Å². The van der Waals surface area contributed by atoms with Crippen molar-refractivity contribution in [2.24, 2.45) is 0 Å². The molecule has 1 saturated heterocycles. The van der Waals surface area contributed by atoms with Gasteiger partial charge in [-0.05, 0) is 79.6 Å². The number of amides is 2. The quantitative estimate of drug-likeness (QED) is 0.540. The Labute approximate surface area is 198 Å². The Morgan fingerprint density at radius 2 is 1.85 bits per heavy atom. The van der Waals surface area contributed by atoms with Gasteiger partial charge in [-0.2, -0.15) is 0 Å². The number of carbonyl (C=O) groups excluding carboxylic acids is 2. The van der Waals surface area contributed by atoms with E-state index in [1.165, 1.54) is 0 Å². The Morgan fingerprint density at radius 3 is 2.61 bits per heavy atom. The van der Waals surface area contributed by atoms with E-state index in [0.717, 1.165) is 35.2 Å². The van der Waals surface area contributed by atoms with Gasteiger partial charge in [0.1, 0.15) is 0 Å². The third-order valence-electron chi connectivity index (χ3n) is 6.85. The lowest BCUT2D eigenvalue weighted by Crippen LogP contribution is -2.38. The van der Waals surface area contributed by atoms with E-state index in [2.05, 4.69) is 16.0 Å². The van der Waals surface area contributed by atoms with E-state index in [1.807, 2.05) is 37.1 Å². The molecule has 2 aliphatic rings. The summed E-state index contributed by atoms with van der Waals surface area (Å²) in [5.74, 6) is 0.306. The molecule has 1 atom stereocenters. The number of carbonyl (C=O) groups is 2. The summed E-state index contributed by atoms with van der Waals surface area (Å²) in [6.07, 6.45) is 8.69. The Bertz CT molecular complexity index is 1240. The molecule has 168 valence electrons. The van der Waals surface area contributed by atoms with Crippen LogP contribution in [0.2, 0.25) is 5.02 Å². The van der Waals surface area contributed by atoms with Gasteiger partial charge in [-0.1, -0.05) is 11.6 Å². The highest BCUT2D eigenvalue weighted by atomic mass is 35.5. The second-order valence-electron chi connectivity index (χ2n) is 8.82. The van der Waals surface area contributed by atoms with Crippen LogP contribution in [0.1, 0.15) is 69.1 Å². The van der Waals surface area contributed by atoms with Gasteiger partial charge in [0.25, 0.3) is 11.8 Å². The molecule has 0 spiro atoms. The smallest absolute Gasteiger partial charge is 0.259 e. The average molecular weight is 461 g/mol. The zero-order chi connectivity index (χ0) is 23.1. The standard InChI is InChI=1S/C26H25ClN4O2/c1-16-5-8-28-15-24(16)25(32)30-9-6-18(7-10-30)19-11-21(14-29-13-19)31-17(2)23-12-20(27)3-4-22(23)26(31)33/h3-5,8,11-15,17-18H,6-7,9-10H2,1-2H3. The van der Waals surface area contributed by atoms with Crippen LogP contribution >= 0.6 is 11.6 Å². The minimum absolute atomic E-state index is 0.0274. The van der Waals surface area contributed by atoms with Crippen LogP contribution in [-0.2, 0) is 0 Å². The van der Waals surface area contributed by atoms with E-state index < -0.39 is 0 Å². The number of rotatable bonds is 3. The van der Waals surface area contributed by atoms with E-state index in [-0.39, 0.29) is 17.9 Å². The first-order chi connectivity index (χ1) is 15.9. The molecule has 33 heavy (non-hydrogen) atoms. The van der Waals surface area contributed by atoms with Crippen LogP contribution in [0.3, 0.4) is 0 Å². The molecule has 2 aliphatic heterocycles. The summed E-state index contributed by atoms with van der Waals surface area (Å²) >= 11 is 6.17. The highest BCUT2D eigenvalue weighted by Gasteiger charge is 2.35. The lowest BCUT2D eigenvalue weighted by Gasteiger charge is -2.33. The molecule has 0 saturated carbocycles. The molecule has 0 bridgehead atoms. The highest BCUT2D eigenvalue weighted by molar-refractivity contribution is 6.31. The van der Waals surface area contributed by atoms with E-state index in [4.69, 9.17) is 11.6 Å². The number of fused-ring (bicyclic) bond motifs is 1. The minimum Gasteiger partial charge on any atom is -0.339 e. The number of benzene rings is 1. The number of nitrogens with zero attached hydrogens (tertiary/aromatic N) is 4. The number of pyridine rings is 2. The molecule has 0 N–H and O–H groups in total. The third-order valence-corrected chi connectivity index (χ3v) is 7.08. The topological polar surface area (TPSA) is 66.4 Å². The maximum Gasteiger partial charge on any atom is 0.259 e. The lowest BCUT2D eigenvalue weighted by molar-refractivity contribution is 0.0711. The van der Waals surface area contributed by atoms with Crippen LogP contribution in [0.4, 0.5) is 5.69 Å². The Morgan fingerprint density at radius 1 is 1.06 bits per heavy atom. The van der Waals surface area contributed by atoms with Crippen molar-refractivity contribution >= 4 is 29.1 Å². The predicted molar refractivity (Wildman–Crippen MR) is 128 cm³/mol. The van der Waals surface area contributed by atoms with Crippen molar-refractivity contribution in [2.45, 2.75) is 38.6 Å². The van der Waals surface area contributed by atoms with E-state index in [0.29, 0.717) is 35.2 Å². The minimum atomic E-state index is -0.106. The molecule has 1 aromatic carbocycles. The van der Waals surface area contributed by atoms with Crippen LogP contribution in [-0.4, -0.2) is 39.8 Å². The number of piperidine rings is 1. The van der Waals surface area contributed by atoms with Crippen molar-refractivity contribution in [1.29, 1.82) is 0 Å². The van der Waals surface area contributed by atoms with Crippen LogP contribution in [0.15, 0.2) is 55.1 Å². The van der Waals surface area contributed by atoms with E-state index in [9.17, 15) is 9.59 Å². The molecule has 2 amide bonds. The molecule has 6 nitrogen and oxygen atoms in total. The number of halogens is 1. The zero-order valence-electron chi connectivity index (χ0n) is 18.7. The van der Waals surface area contributed by atoms with Crippen molar-refractivity contribution in [2.75, 3.05) is 18.0 Å². The van der Waals surface area contributed by atoms with Crippen molar-refractivity contribution in [3.05, 3.63) is 88.0 Å². The highest BCUT2D eigenvalue weighted by Crippen LogP contribution is 2.39. The number of hydrogen-bond acceptors (Lipinski definition) is 4. The summed E-state index contributed by atoms with van der Waals surface area (Å²) in [5.41, 5.74) is 5.14. The van der Waals surface area contributed by atoms with Crippen molar-refractivity contribution in [3.63, 3.8) is 0 Å². The molecule has 3 aromatic rings. The van der Waals surface area contributed by atoms with Gasteiger partial charge in [0.05, 0.1) is 23.5 Å². The maximum atomic E-state index is 13.1. The van der Waals surface area contributed by atoms with E-state index in [1.54, 1.807) is 35.6 Å². The third kappa shape index (κ3) is 3.89. The first kappa shape index (κ1) is 21.6. The van der Waals surface area contributed by atoms with Gasteiger partial charge >= 0.3 is 0 Å². The van der Waals surface area contributed by atoms with Gasteiger partial charge in [0.15, 0.2) is 0 Å². The molecule has 0 radical (unpaired) electrons. The monoisotopic (exact) mass is 460 g/mol. The van der Waals surface area contributed by atoms with Crippen LogP contribution in [0.5, 0.6) is 0 Å². The zero-order valence-corrected chi connectivity index (χ0v) is 19.4. The summed E-state index contributed by atoms with van der Waals surface area (Å²) in [7, 11) is 0. The van der Waals surface area contributed by atoms with Crippen molar-refractivity contribution in [3.8, 4) is 0 Å². The second-order valence-corrected chi connectivity index (χ2v) is 9.25.